The van der Waals surface area contributed by atoms with Crippen molar-refractivity contribution in [2.75, 3.05) is 30.3 Å². The van der Waals surface area contributed by atoms with E-state index in [1.165, 1.54) is 5.70 Å². The standard InChI is InChI=1S/C24H28ClN5O/c1-17-15-21(8-12-26-17)30-13-9-18(10-14-30)16-28-23-22(3-2-11-27-23)24(31)29-20-6-4-19(25)5-7-20/h2-8,11-12,17-18H,9-10,13-16H2,1H3,(H,27,28)(H,29,31). The molecule has 1 aromatic heterocycles. The summed E-state index contributed by atoms with van der Waals surface area (Å²) in [5.41, 5.74) is 2.64. The molecule has 0 radical (unpaired) electrons. The third-order valence-corrected chi connectivity index (χ3v) is 6.10. The largest absolute Gasteiger partial charge is 0.375 e. The highest BCUT2D eigenvalue weighted by molar-refractivity contribution is 6.30. The number of nitrogens with one attached hydrogen (secondary N) is 2. The van der Waals surface area contributed by atoms with Gasteiger partial charge < -0.3 is 15.5 Å². The summed E-state index contributed by atoms with van der Waals surface area (Å²) in [7, 11) is 0. The molecular formula is C24H28ClN5O. The quantitative estimate of drug-likeness (QED) is 0.677. The maximum atomic E-state index is 12.8. The number of carbonyl (C=O) groups is 1. The molecule has 0 bridgehead atoms. The van der Waals surface area contributed by atoms with E-state index >= 15 is 0 Å². The van der Waals surface area contributed by atoms with Gasteiger partial charge in [-0.2, -0.15) is 0 Å². The van der Waals surface area contributed by atoms with Gasteiger partial charge in [-0.3, -0.25) is 9.79 Å². The minimum absolute atomic E-state index is 0.187. The number of carbonyl (C=O) groups excluding carboxylic acids is 1. The zero-order valence-electron chi connectivity index (χ0n) is 17.7. The Kier molecular flexibility index (Phi) is 6.87. The van der Waals surface area contributed by atoms with Crippen molar-refractivity contribution in [1.82, 2.24) is 9.88 Å². The van der Waals surface area contributed by atoms with Crippen molar-refractivity contribution >= 4 is 35.2 Å². The summed E-state index contributed by atoms with van der Waals surface area (Å²) in [5, 5.41) is 6.96. The molecule has 7 heteroatoms. The van der Waals surface area contributed by atoms with Gasteiger partial charge in [-0.25, -0.2) is 4.98 Å². The summed E-state index contributed by atoms with van der Waals surface area (Å²) in [6.45, 7) is 5.09. The maximum absolute atomic E-state index is 12.8. The molecule has 0 aliphatic carbocycles. The monoisotopic (exact) mass is 437 g/mol. The minimum atomic E-state index is -0.187. The summed E-state index contributed by atoms with van der Waals surface area (Å²) in [6.07, 6.45) is 9.07. The lowest BCUT2D eigenvalue weighted by Gasteiger charge is -2.36. The first-order chi connectivity index (χ1) is 15.1. The van der Waals surface area contributed by atoms with E-state index in [1.807, 2.05) is 6.21 Å². The van der Waals surface area contributed by atoms with Gasteiger partial charge in [0.2, 0.25) is 0 Å². The molecule has 2 aliphatic heterocycles. The number of likely N-dealkylation sites (tertiary alicyclic amines) is 1. The number of pyridine rings is 1. The van der Waals surface area contributed by atoms with Gasteiger partial charge in [0.15, 0.2) is 0 Å². The first-order valence-corrected chi connectivity index (χ1v) is 11.2. The van der Waals surface area contributed by atoms with E-state index in [0.29, 0.717) is 34.1 Å². The fourth-order valence-electron chi connectivity index (χ4n) is 4.06. The van der Waals surface area contributed by atoms with Gasteiger partial charge in [0, 0.05) is 54.9 Å². The van der Waals surface area contributed by atoms with Crippen LogP contribution in [0.25, 0.3) is 0 Å². The van der Waals surface area contributed by atoms with Crippen LogP contribution in [0.15, 0.2) is 59.4 Å². The Bertz CT molecular complexity index is 964. The highest BCUT2D eigenvalue weighted by Crippen LogP contribution is 2.25. The summed E-state index contributed by atoms with van der Waals surface area (Å²) >= 11 is 5.92. The molecule has 3 heterocycles. The second-order valence-electron chi connectivity index (χ2n) is 8.18. The van der Waals surface area contributed by atoms with Crippen LogP contribution in [0, 0.1) is 5.92 Å². The van der Waals surface area contributed by atoms with Gasteiger partial charge in [-0.1, -0.05) is 11.6 Å². The summed E-state index contributed by atoms with van der Waals surface area (Å²) in [5.74, 6) is 0.991. The summed E-state index contributed by atoms with van der Waals surface area (Å²) in [6, 6.07) is 11.0. The number of dihydropyridines is 1. The molecule has 6 nitrogen and oxygen atoms in total. The first kappa shape index (κ1) is 21.4. The molecule has 162 valence electrons. The van der Waals surface area contributed by atoms with Crippen LogP contribution in [0.2, 0.25) is 5.02 Å². The Balaban J connectivity index is 1.31. The van der Waals surface area contributed by atoms with E-state index in [-0.39, 0.29) is 5.91 Å². The van der Waals surface area contributed by atoms with Crippen molar-refractivity contribution < 1.29 is 4.79 Å². The smallest absolute Gasteiger partial charge is 0.259 e. The number of halogens is 1. The molecule has 1 fully saturated rings. The molecule has 2 aromatic rings. The van der Waals surface area contributed by atoms with E-state index in [1.54, 1.807) is 42.6 Å². The minimum Gasteiger partial charge on any atom is -0.375 e. The Morgan fingerprint density at radius 2 is 1.97 bits per heavy atom. The molecule has 4 rings (SSSR count). The molecule has 1 saturated heterocycles. The van der Waals surface area contributed by atoms with Crippen molar-refractivity contribution in [2.45, 2.75) is 32.2 Å². The molecule has 2 N–H and O–H groups in total. The molecule has 2 aliphatic rings. The molecule has 1 amide bonds. The fourth-order valence-corrected chi connectivity index (χ4v) is 4.19. The van der Waals surface area contributed by atoms with Crippen LogP contribution in [-0.2, 0) is 0 Å². The van der Waals surface area contributed by atoms with Gasteiger partial charge in [-0.15, -0.1) is 0 Å². The van der Waals surface area contributed by atoms with Gasteiger partial charge in [0.25, 0.3) is 5.91 Å². The van der Waals surface area contributed by atoms with Crippen LogP contribution >= 0.6 is 11.6 Å². The number of rotatable bonds is 6. The number of piperidine rings is 1. The zero-order chi connectivity index (χ0) is 21.6. The van der Waals surface area contributed by atoms with Crippen molar-refractivity contribution in [2.24, 2.45) is 10.9 Å². The normalized spacial score (nSPS) is 19.1. The summed E-state index contributed by atoms with van der Waals surface area (Å²) < 4.78 is 0. The molecule has 1 aromatic carbocycles. The van der Waals surface area contributed by atoms with Crippen LogP contribution in [0.5, 0.6) is 0 Å². The average Bonchev–Trinajstić information content (AvgIpc) is 2.80. The lowest BCUT2D eigenvalue weighted by atomic mass is 9.95. The number of allylic oxidation sites excluding steroid dienone is 1. The second kappa shape index (κ2) is 9.96. The van der Waals surface area contributed by atoms with Crippen LogP contribution in [0.1, 0.15) is 36.5 Å². The Hall–Kier alpha value is -2.86. The summed E-state index contributed by atoms with van der Waals surface area (Å²) in [4.78, 5) is 24.1. The molecular weight excluding hydrogens is 410 g/mol. The van der Waals surface area contributed by atoms with Gasteiger partial charge >= 0.3 is 0 Å². The van der Waals surface area contributed by atoms with Crippen LogP contribution < -0.4 is 10.6 Å². The first-order valence-electron chi connectivity index (χ1n) is 10.8. The lowest BCUT2D eigenvalue weighted by Crippen LogP contribution is -2.36. The average molecular weight is 438 g/mol. The number of aromatic nitrogens is 1. The van der Waals surface area contributed by atoms with E-state index in [2.05, 4.69) is 38.5 Å². The predicted molar refractivity (Wildman–Crippen MR) is 127 cm³/mol. The van der Waals surface area contributed by atoms with Gasteiger partial charge in [0.05, 0.1) is 11.6 Å². The Morgan fingerprint density at radius 1 is 1.19 bits per heavy atom. The molecule has 1 unspecified atom stereocenters. The van der Waals surface area contributed by atoms with Gasteiger partial charge in [-0.05, 0) is 68.2 Å². The SMILES string of the molecule is CC1CC(N2CCC(CNc3ncccc3C(=O)Nc3ccc(Cl)cc3)CC2)=CC=N1. The second-order valence-corrected chi connectivity index (χ2v) is 8.62. The Labute approximate surface area is 188 Å². The topological polar surface area (TPSA) is 69.6 Å². The highest BCUT2D eigenvalue weighted by atomic mass is 35.5. The number of aliphatic imine (C=N–C) groups is 1. The Morgan fingerprint density at radius 3 is 2.71 bits per heavy atom. The number of benzene rings is 1. The van der Waals surface area contributed by atoms with Gasteiger partial charge in [0.1, 0.15) is 5.82 Å². The third kappa shape index (κ3) is 5.64. The van der Waals surface area contributed by atoms with Crippen molar-refractivity contribution in [3.63, 3.8) is 0 Å². The fraction of sp³-hybridized carbons (Fsp3) is 0.375. The maximum Gasteiger partial charge on any atom is 0.259 e. The lowest BCUT2D eigenvalue weighted by molar-refractivity contribution is 0.102. The van der Waals surface area contributed by atoms with Crippen LogP contribution in [0.3, 0.4) is 0 Å². The number of amides is 1. The van der Waals surface area contributed by atoms with Crippen LogP contribution in [-0.4, -0.2) is 47.7 Å². The molecule has 1 atom stereocenters. The van der Waals surface area contributed by atoms with Crippen LogP contribution in [0.4, 0.5) is 11.5 Å². The molecule has 0 spiro atoms. The van der Waals surface area contributed by atoms with E-state index in [0.717, 1.165) is 38.9 Å². The number of hydrogen-bond acceptors (Lipinski definition) is 5. The van der Waals surface area contributed by atoms with Crippen molar-refractivity contribution in [3.05, 3.63) is 65.0 Å². The third-order valence-electron chi connectivity index (χ3n) is 5.85. The van der Waals surface area contributed by atoms with Crippen molar-refractivity contribution in [1.29, 1.82) is 0 Å². The number of anilines is 2. The zero-order valence-corrected chi connectivity index (χ0v) is 18.5. The molecule has 31 heavy (non-hydrogen) atoms. The van der Waals surface area contributed by atoms with E-state index < -0.39 is 0 Å². The van der Waals surface area contributed by atoms with E-state index in [4.69, 9.17) is 11.6 Å². The number of nitrogens with zero attached hydrogens (tertiary/aromatic N) is 3. The highest BCUT2D eigenvalue weighted by Gasteiger charge is 2.23. The molecule has 0 saturated carbocycles. The number of hydrogen-bond donors (Lipinski definition) is 2. The van der Waals surface area contributed by atoms with Crippen molar-refractivity contribution in [3.8, 4) is 0 Å². The van der Waals surface area contributed by atoms with E-state index in [9.17, 15) is 4.79 Å². The predicted octanol–water partition coefficient (Wildman–Crippen LogP) is 4.86.